The van der Waals surface area contributed by atoms with E-state index in [1.165, 1.54) is 19.1 Å². The number of aliphatic hydroxyl groups excluding tert-OH is 1. The SMILES string of the molecule is COC(=O)c1ccc(NN2C(C(O)c3ccccc3OC)C=CC3C(=O)N(Cc4cccc5ccccc45)C(=O)[C@H]32)cc1. The molecule has 218 valence electrons. The fraction of sp³-hybridized carbons (Fsp3) is 0.206. The lowest BCUT2D eigenvalue weighted by Crippen LogP contribution is -2.55. The molecule has 1 fully saturated rings. The Balaban J connectivity index is 1.36. The van der Waals surface area contributed by atoms with Gasteiger partial charge in [0.2, 0.25) is 11.8 Å². The van der Waals surface area contributed by atoms with Crippen LogP contribution in [-0.2, 0) is 20.9 Å². The van der Waals surface area contributed by atoms with Gasteiger partial charge in [0, 0.05) is 11.3 Å². The highest BCUT2D eigenvalue weighted by molar-refractivity contribution is 6.08. The van der Waals surface area contributed by atoms with Crippen molar-refractivity contribution in [1.29, 1.82) is 0 Å². The van der Waals surface area contributed by atoms with Crippen LogP contribution in [-0.4, -0.2) is 59.1 Å². The minimum atomic E-state index is -1.11. The summed E-state index contributed by atoms with van der Waals surface area (Å²) < 4.78 is 10.3. The zero-order valence-electron chi connectivity index (χ0n) is 23.7. The second kappa shape index (κ2) is 11.7. The number of amides is 2. The second-order valence-electron chi connectivity index (χ2n) is 10.5. The normalized spacial score (nSPS) is 20.6. The van der Waals surface area contributed by atoms with Gasteiger partial charge in [-0.15, -0.1) is 0 Å². The van der Waals surface area contributed by atoms with Crippen LogP contribution in [0.4, 0.5) is 5.69 Å². The van der Waals surface area contributed by atoms with Crippen LogP contribution in [0.2, 0.25) is 0 Å². The summed E-state index contributed by atoms with van der Waals surface area (Å²) in [4.78, 5) is 41.2. The molecule has 0 spiro atoms. The summed E-state index contributed by atoms with van der Waals surface area (Å²) in [5.74, 6) is -1.41. The van der Waals surface area contributed by atoms with Gasteiger partial charge in [-0.2, -0.15) is 0 Å². The number of likely N-dealkylation sites (tertiary alicyclic amines) is 1. The summed E-state index contributed by atoms with van der Waals surface area (Å²) in [6.45, 7) is 0.126. The van der Waals surface area contributed by atoms with Crippen molar-refractivity contribution < 1.29 is 29.0 Å². The molecule has 0 aliphatic carbocycles. The third-order valence-corrected chi connectivity index (χ3v) is 8.10. The number of hydrazine groups is 1. The Hall–Kier alpha value is -4.99. The van der Waals surface area contributed by atoms with Crippen molar-refractivity contribution in [2.24, 2.45) is 5.92 Å². The van der Waals surface area contributed by atoms with Gasteiger partial charge in [0.15, 0.2) is 0 Å². The lowest BCUT2D eigenvalue weighted by atomic mass is 9.90. The van der Waals surface area contributed by atoms with E-state index in [1.54, 1.807) is 59.6 Å². The minimum Gasteiger partial charge on any atom is -0.496 e. The highest BCUT2D eigenvalue weighted by atomic mass is 16.5. The van der Waals surface area contributed by atoms with Crippen LogP contribution in [0.5, 0.6) is 5.75 Å². The van der Waals surface area contributed by atoms with E-state index < -0.39 is 30.1 Å². The van der Waals surface area contributed by atoms with Gasteiger partial charge in [0.25, 0.3) is 0 Å². The van der Waals surface area contributed by atoms with Crippen molar-refractivity contribution in [3.8, 4) is 5.75 Å². The van der Waals surface area contributed by atoms with Crippen LogP contribution in [0.1, 0.15) is 27.6 Å². The molecule has 4 aromatic carbocycles. The van der Waals surface area contributed by atoms with Crippen molar-refractivity contribution in [1.82, 2.24) is 9.91 Å². The first-order valence-electron chi connectivity index (χ1n) is 14.0. The quantitative estimate of drug-likeness (QED) is 0.179. The van der Waals surface area contributed by atoms with E-state index in [2.05, 4.69) is 5.43 Å². The van der Waals surface area contributed by atoms with Crippen LogP contribution in [0.15, 0.2) is 103 Å². The highest BCUT2D eigenvalue weighted by Crippen LogP contribution is 2.39. The van der Waals surface area contributed by atoms with E-state index in [1.807, 2.05) is 48.5 Å². The van der Waals surface area contributed by atoms with Crippen molar-refractivity contribution in [3.05, 3.63) is 120 Å². The van der Waals surface area contributed by atoms with Crippen molar-refractivity contribution >= 4 is 34.2 Å². The number of benzene rings is 4. The average molecular weight is 578 g/mol. The van der Waals surface area contributed by atoms with E-state index in [0.29, 0.717) is 22.6 Å². The topological polar surface area (TPSA) is 108 Å². The predicted molar refractivity (Wildman–Crippen MR) is 161 cm³/mol. The maximum atomic E-state index is 14.1. The third kappa shape index (κ3) is 5.13. The summed E-state index contributed by atoms with van der Waals surface area (Å²) >= 11 is 0. The van der Waals surface area contributed by atoms with E-state index >= 15 is 0 Å². The maximum absolute atomic E-state index is 14.1. The molecule has 9 nitrogen and oxygen atoms in total. The number of carbonyl (C=O) groups is 3. The Kier molecular flexibility index (Phi) is 7.67. The molecule has 2 aliphatic rings. The van der Waals surface area contributed by atoms with Gasteiger partial charge in [0.05, 0.1) is 38.3 Å². The summed E-state index contributed by atoms with van der Waals surface area (Å²) in [6, 6.07) is 25.7. The number of hydrogen-bond acceptors (Lipinski definition) is 8. The minimum absolute atomic E-state index is 0.126. The molecule has 6 rings (SSSR count). The van der Waals surface area contributed by atoms with Crippen molar-refractivity contribution in [2.45, 2.75) is 24.7 Å². The Bertz CT molecular complexity index is 1710. The van der Waals surface area contributed by atoms with Gasteiger partial charge in [-0.1, -0.05) is 72.8 Å². The Labute approximate surface area is 248 Å². The number of nitrogens with one attached hydrogen (secondary N) is 1. The molecule has 3 unspecified atom stereocenters. The lowest BCUT2D eigenvalue weighted by Gasteiger charge is -2.41. The van der Waals surface area contributed by atoms with Crippen molar-refractivity contribution in [3.63, 3.8) is 0 Å². The zero-order valence-corrected chi connectivity index (χ0v) is 23.7. The number of hydrogen-bond donors (Lipinski definition) is 2. The number of methoxy groups -OCH3 is 2. The molecular weight excluding hydrogens is 546 g/mol. The third-order valence-electron chi connectivity index (χ3n) is 8.10. The van der Waals surface area contributed by atoms with E-state index in [9.17, 15) is 19.5 Å². The van der Waals surface area contributed by atoms with Crippen LogP contribution in [0.25, 0.3) is 10.8 Å². The lowest BCUT2D eigenvalue weighted by molar-refractivity contribution is -0.140. The molecule has 0 radical (unpaired) electrons. The number of aliphatic hydroxyl groups is 1. The molecule has 43 heavy (non-hydrogen) atoms. The summed E-state index contributed by atoms with van der Waals surface area (Å²) in [7, 11) is 2.84. The van der Waals surface area contributed by atoms with E-state index in [-0.39, 0.29) is 18.4 Å². The predicted octanol–water partition coefficient (Wildman–Crippen LogP) is 4.49. The number of ether oxygens (including phenoxy) is 2. The Morgan fingerprint density at radius 3 is 2.37 bits per heavy atom. The molecule has 0 saturated carbocycles. The monoisotopic (exact) mass is 577 g/mol. The average Bonchev–Trinajstić information content (AvgIpc) is 3.29. The van der Waals surface area contributed by atoms with Gasteiger partial charge in [-0.3, -0.25) is 14.5 Å². The molecule has 4 aromatic rings. The molecule has 0 bridgehead atoms. The van der Waals surface area contributed by atoms with Gasteiger partial charge in [-0.05, 0) is 46.7 Å². The molecule has 2 amide bonds. The maximum Gasteiger partial charge on any atom is 0.337 e. The molecule has 9 heteroatoms. The smallest absolute Gasteiger partial charge is 0.337 e. The largest absolute Gasteiger partial charge is 0.496 e. The van der Waals surface area contributed by atoms with E-state index in [4.69, 9.17) is 9.47 Å². The first-order valence-corrected chi connectivity index (χ1v) is 14.0. The fourth-order valence-electron chi connectivity index (χ4n) is 5.93. The Morgan fingerprint density at radius 1 is 0.884 bits per heavy atom. The second-order valence-corrected chi connectivity index (χ2v) is 10.5. The summed E-state index contributed by atoms with van der Waals surface area (Å²) in [5.41, 5.74) is 5.60. The number of carbonyl (C=O) groups excluding carboxylic acids is 3. The van der Waals surface area contributed by atoms with Crippen molar-refractivity contribution in [2.75, 3.05) is 19.6 Å². The number of esters is 1. The van der Waals surface area contributed by atoms with Crippen LogP contribution < -0.4 is 10.2 Å². The summed E-state index contributed by atoms with van der Waals surface area (Å²) in [5, 5.41) is 15.3. The van der Waals surface area contributed by atoms with Crippen LogP contribution >= 0.6 is 0 Å². The number of para-hydroxylation sites is 1. The van der Waals surface area contributed by atoms with E-state index in [0.717, 1.165) is 16.3 Å². The first-order chi connectivity index (χ1) is 20.9. The molecule has 2 heterocycles. The number of nitrogens with zero attached hydrogens (tertiary/aromatic N) is 2. The molecule has 4 atom stereocenters. The fourth-order valence-corrected chi connectivity index (χ4v) is 5.93. The molecule has 2 N–H and O–H groups in total. The molecule has 2 aliphatic heterocycles. The number of fused-ring (bicyclic) bond motifs is 2. The van der Waals surface area contributed by atoms with Gasteiger partial charge >= 0.3 is 5.97 Å². The van der Waals surface area contributed by atoms with Gasteiger partial charge < -0.3 is 20.0 Å². The zero-order chi connectivity index (χ0) is 30.1. The van der Waals surface area contributed by atoms with Gasteiger partial charge in [0.1, 0.15) is 17.9 Å². The van der Waals surface area contributed by atoms with Crippen LogP contribution in [0.3, 0.4) is 0 Å². The Morgan fingerprint density at radius 2 is 1.60 bits per heavy atom. The van der Waals surface area contributed by atoms with Crippen LogP contribution in [0, 0.1) is 5.92 Å². The number of anilines is 1. The molecule has 1 saturated heterocycles. The highest BCUT2D eigenvalue weighted by Gasteiger charge is 2.53. The number of rotatable bonds is 8. The summed E-state index contributed by atoms with van der Waals surface area (Å²) in [6.07, 6.45) is 2.36. The standard InChI is InChI=1S/C34H31N3O6/c1-42-29-13-6-5-12-26(29)31(38)28-19-18-27-30(37(28)35-24-16-14-22(15-17-24)34(41)43-2)33(40)36(32(27)39)20-23-10-7-9-21-8-3-4-11-25(21)23/h3-19,27-28,30-31,35,38H,20H2,1-2H3/t27?,28?,30-,31?/m0/s1. The van der Waals surface area contributed by atoms with Gasteiger partial charge in [-0.25, -0.2) is 9.80 Å². The number of imide groups is 1. The molecular formula is C34H31N3O6. The first kappa shape index (κ1) is 28.1. The molecule has 0 aromatic heterocycles.